The number of hydrogen-bond donors (Lipinski definition) is 1. The normalized spacial score (nSPS) is 10.2. The average Bonchev–Trinajstić information content (AvgIpc) is 2.33. The molecule has 0 spiro atoms. The van der Waals surface area contributed by atoms with E-state index >= 15 is 0 Å². The summed E-state index contributed by atoms with van der Waals surface area (Å²) < 4.78 is 5.08. The molecule has 17 heavy (non-hydrogen) atoms. The summed E-state index contributed by atoms with van der Waals surface area (Å²) in [5, 5.41) is 2.78. The van der Waals surface area contributed by atoms with Gasteiger partial charge in [-0.3, -0.25) is 0 Å². The lowest BCUT2D eigenvalue weighted by Gasteiger charge is -2.06. The van der Waals surface area contributed by atoms with Gasteiger partial charge in [0.2, 0.25) is 0 Å². The van der Waals surface area contributed by atoms with Crippen LogP contribution in [0.15, 0.2) is 0 Å². The van der Waals surface area contributed by atoms with Crippen molar-refractivity contribution < 1.29 is 9.53 Å². The first-order valence-electron chi connectivity index (χ1n) is 7.21. The van der Waals surface area contributed by atoms with E-state index in [0.717, 1.165) is 25.8 Å². The Kier molecular flexibility index (Phi) is 12.8. The lowest BCUT2D eigenvalue weighted by Crippen LogP contribution is -2.25. The molecule has 0 unspecified atom stereocenters. The topological polar surface area (TPSA) is 38.3 Å². The minimum atomic E-state index is -0.253. The summed E-state index contributed by atoms with van der Waals surface area (Å²) in [4.78, 5) is 11.2. The molecule has 0 rings (SSSR count). The largest absolute Gasteiger partial charge is 0.450 e. The van der Waals surface area contributed by atoms with E-state index in [1.165, 1.54) is 38.5 Å². The van der Waals surface area contributed by atoms with Crippen molar-refractivity contribution in [3.05, 3.63) is 0 Å². The Morgan fingerprint density at radius 2 is 1.47 bits per heavy atom. The van der Waals surface area contributed by atoms with Crippen molar-refractivity contribution in [2.75, 3.05) is 13.2 Å². The smallest absolute Gasteiger partial charge is 0.407 e. The van der Waals surface area contributed by atoms with Crippen LogP contribution in [0.3, 0.4) is 0 Å². The van der Waals surface area contributed by atoms with Gasteiger partial charge in [-0.25, -0.2) is 4.79 Å². The van der Waals surface area contributed by atoms with Crippen molar-refractivity contribution >= 4 is 6.09 Å². The highest BCUT2D eigenvalue weighted by Gasteiger charge is 1.99. The second-order valence-electron chi connectivity index (χ2n) is 4.54. The van der Waals surface area contributed by atoms with Crippen LogP contribution in [-0.2, 0) is 4.74 Å². The van der Waals surface area contributed by atoms with Gasteiger partial charge in [0.1, 0.15) is 0 Å². The molecule has 0 bridgehead atoms. The van der Waals surface area contributed by atoms with Crippen LogP contribution in [0.25, 0.3) is 0 Å². The molecule has 0 aromatic rings. The molecule has 3 heteroatoms. The molecular weight excluding hydrogens is 214 g/mol. The van der Waals surface area contributed by atoms with Gasteiger partial charge in [0.15, 0.2) is 0 Å². The summed E-state index contributed by atoms with van der Waals surface area (Å²) in [5.74, 6) is 0. The second kappa shape index (κ2) is 13.3. The van der Waals surface area contributed by atoms with E-state index in [1.807, 2.05) is 0 Å². The van der Waals surface area contributed by atoms with Crippen LogP contribution in [0.4, 0.5) is 4.79 Å². The molecule has 0 heterocycles. The molecule has 0 radical (unpaired) electrons. The van der Waals surface area contributed by atoms with E-state index < -0.39 is 0 Å². The summed E-state index contributed by atoms with van der Waals surface area (Å²) in [6, 6.07) is 0. The number of carbonyl (C=O) groups is 1. The molecule has 0 saturated carbocycles. The number of ether oxygens (including phenoxy) is 1. The van der Waals surface area contributed by atoms with Crippen molar-refractivity contribution in [2.45, 2.75) is 71.6 Å². The maximum atomic E-state index is 11.2. The van der Waals surface area contributed by atoms with Crippen LogP contribution in [0.2, 0.25) is 0 Å². The number of amides is 1. The minimum absolute atomic E-state index is 0.253. The van der Waals surface area contributed by atoms with Gasteiger partial charge in [0.05, 0.1) is 6.61 Å². The summed E-state index contributed by atoms with van der Waals surface area (Å²) in [6.45, 7) is 5.68. The number of hydrogen-bond acceptors (Lipinski definition) is 2. The lowest BCUT2D eigenvalue weighted by molar-refractivity contribution is 0.143. The van der Waals surface area contributed by atoms with E-state index in [0.29, 0.717) is 6.61 Å². The van der Waals surface area contributed by atoms with Crippen molar-refractivity contribution in [1.82, 2.24) is 5.32 Å². The monoisotopic (exact) mass is 243 g/mol. The summed E-state index contributed by atoms with van der Waals surface area (Å²) in [5.41, 5.74) is 0. The first kappa shape index (κ1) is 16.3. The van der Waals surface area contributed by atoms with E-state index in [-0.39, 0.29) is 6.09 Å². The van der Waals surface area contributed by atoms with Crippen LogP contribution >= 0.6 is 0 Å². The van der Waals surface area contributed by atoms with Crippen LogP contribution in [0.1, 0.15) is 71.6 Å². The van der Waals surface area contributed by atoms with E-state index in [9.17, 15) is 4.79 Å². The summed E-state index contributed by atoms with van der Waals surface area (Å²) in [6.07, 6.45) is 10.4. The van der Waals surface area contributed by atoms with Crippen molar-refractivity contribution in [1.29, 1.82) is 0 Å². The quantitative estimate of drug-likeness (QED) is 0.550. The van der Waals surface area contributed by atoms with Gasteiger partial charge in [-0.05, 0) is 12.8 Å². The van der Waals surface area contributed by atoms with Crippen molar-refractivity contribution in [3.63, 3.8) is 0 Å². The van der Waals surface area contributed by atoms with Gasteiger partial charge >= 0.3 is 6.09 Å². The molecule has 3 nitrogen and oxygen atoms in total. The SMILES string of the molecule is CCCCCCCOC(=O)NCCCCCC. The van der Waals surface area contributed by atoms with E-state index in [4.69, 9.17) is 4.74 Å². The van der Waals surface area contributed by atoms with Crippen molar-refractivity contribution in [3.8, 4) is 0 Å². The predicted octanol–water partition coefficient (Wildman–Crippen LogP) is 4.26. The maximum absolute atomic E-state index is 11.2. The van der Waals surface area contributed by atoms with E-state index in [1.54, 1.807) is 0 Å². The fourth-order valence-corrected chi connectivity index (χ4v) is 1.66. The van der Waals surface area contributed by atoms with Gasteiger partial charge in [0, 0.05) is 6.54 Å². The van der Waals surface area contributed by atoms with Crippen LogP contribution in [0.5, 0.6) is 0 Å². The molecular formula is C14H29NO2. The Bertz CT molecular complexity index is 172. The first-order valence-corrected chi connectivity index (χ1v) is 7.21. The van der Waals surface area contributed by atoms with Gasteiger partial charge < -0.3 is 10.1 Å². The zero-order chi connectivity index (χ0) is 12.8. The zero-order valence-corrected chi connectivity index (χ0v) is 11.6. The first-order chi connectivity index (χ1) is 8.31. The Morgan fingerprint density at radius 1 is 0.882 bits per heavy atom. The molecule has 0 saturated heterocycles. The fourth-order valence-electron chi connectivity index (χ4n) is 1.66. The highest BCUT2D eigenvalue weighted by molar-refractivity contribution is 5.66. The summed E-state index contributed by atoms with van der Waals surface area (Å²) in [7, 11) is 0. The molecule has 0 aromatic heterocycles. The standard InChI is InChI=1S/C14H29NO2/c1-3-5-7-9-11-13-17-14(16)15-12-10-8-6-4-2/h3-13H2,1-2H3,(H,15,16). The third-order valence-electron chi connectivity index (χ3n) is 2.78. The molecule has 1 N–H and O–H groups in total. The number of alkyl carbamates (subject to hydrolysis) is 1. The van der Waals surface area contributed by atoms with Crippen molar-refractivity contribution in [2.24, 2.45) is 0 Å². The Balaban J connectivity index is 3.12. The Morgan fingerprint density at radius 3 is 2.12 bits per heavy atom. The molecule has 0 aliphatic heterocycles. The zero-order valence-electron chi connectivity index (χ0n) is 11.6. The maximum Gasteiger partial charge on any atom is 0.407 e. The third kappa shape index (κ3) is 13.2. The number of carbonyl (C=O) groups excluding carboxylic acids is 1. The molecule has 0 fully saturated rings. The van der Waals surface area contributed by atoms with Crippen LogP contribution in [0, 0.1) is 0 Å². The van der Waals surface area contributed by atoms with Gasteiger partial charge in [-0.1, -0.05) is 58.8 Å². The second-order valence-corrected chi connectivity index (χ2v) is 4.54. The van der Waals surface area contributed by atoms with Gasteiger partial charge in [0.25, 0.3) is 0 Å². The fraction of sp³-hybridized carbons (Fsp3) is 0.929. The highest BCUT2D eigenvalue weighted by Crippen LogP contribution is 2.02. The van der Waals surface area contributed by atoms with Gasteiger partial charge in [-0.15, -0.1) is 0 Å². The van der Waals surface area contributed by atoms with Gasteiger partial charge in [-0.2, -0.15) is 0 Å². The Labute approximate surface area is 106 Å². The molecule has 0 atom stereocenters. The number of unbranched alkanes of at least 4 members (excludes halogenated alkanes) is 7. The lowest BCUT2D eigenvalue weighted by atomic mass is 10.2. The van der Waals surface area contributed by atoms with Crippen LogP contribution < -0.4 is 5.32 Å². The summed E-state index contributed by atoms with van der Waals surface area (Å²) >= 11 is 0. The number of nitrogens with one attached hydrogen (secondary N) is 1. The average molecular weight is 243 g/mol. The van der Waals surface area contributed by atoms with E-state index in [2.05, 4.69) is 19.2 Å². The molecule has 102 valence electrons. The molecule has 0 aliphatic carbocycles. The third-order valence-corrected chi connectivity index (χ3v) is 2.78. The van der Waals surface area contributed by atoms with Crippen LogP contribution in [-0.4, -0.2) is 19.2 Å². The highest BCUT2D eigenvalue weighted by atomic mass is 16.5. The molecule has 0 aliphatic rings. The Hall–Kier alpha value is -0.730. The number of rotatable bonds is 11. The molecule has 0 aromatic carbocycles. The predicted molar refractivity (Wildman–Crippen MR) is 72.3 cm³/mol. The molecule has 1 amide bonds. The minimum Gasteiger partial charge on any atom is -0.450 e.